The van der Waals surface area contributed by atoms with Crippen molar-refractivity contribution in [1.29, 1.82) is 0 Å². The summed E-state index contributed by atoms with van der Waals surface area (Å²) in [5.41, 5.74) is 1.45. The average molecular weight is 585 g/mol. The van der Waals surface area contributed by atoms with Gasteiger partial charge in [0.2, 0.25) is 10.0 Å². The lowest BCUT2D eigenvalue weighted by molar-refractivity contribution is 0.0730. The number of nitrogens with one attached hydrogen (secondary N) is 2. The summed E-state index contributed by atoms with van der Waals surface area (Å²) in [5, 5.41) is 3.03. The fourth-order valence-electron chi connectivity index (χ4n) is 3.60. The number of benzene rings is 3. The Hall–Kier alpha value is -2.67. The second-order valence-corrected chi connectivity index (χ2v) is 12.6. The van der Waals surface area contributed by atoms with Crippen molar-refractivity contribution in [3.05, 3.63) is 81.8 Å². The molecule has 0 radical (unpaired) electrons. The Bertz CT molecular complexity index is 1540. The van der Waals surface area contributed by atoms with E-state index in [1.54, 1.807) is 19.1 Å². The van der Waals surface area contributed by atoms with Gasteiger partial charge in [-0.3, -0.25) is 9.52 Å². The molecule has 196 valence electrons. The molecular formula is C24H23Cl2N3O6S2. The lowest BCUT2D eigenvalue weighted by Gasteiger charge is -2.26. The quantitative estimate of drug-likeness (QED) is 0.425. The molecule has 1 amide bonds. The molecule has 3 aromatic rings. The molecule has 3 aromatic carbocycles. The van der Waals surface area contributed by atoms with Gasteiger partial charge in [0, 0.05) is 29.4 Å². The zero-order chi connectivity index (χ0) is 26.8. The van der Waals surface area contributed by atoms with Gasteiger partial charge in [-0.05, 0) is 67.1 Å². The highest BCUT2D eigenvalue weighted by molar-refractivity contribution is 7.92. The smallest absolute Gasteiger partial charge is 0.261 e. The van der Waals surface area contributed by atoms with Gasteiger partial charge in [-0.25, -0.2) is 16.8 Å². The predicted molar refractivity (Wildman–Crippen MR) is 142 cm³/mol. The zero-order valence-corrected chi connectivity index (χ0v) is 22.7. The van der Waals surface area contributed by atoms with Crippen molar-refractivity contribution in [1.82, 2.24) is 4.31 Å². The topological polar surface area (TPSA) is 122 Å². The summed E-state index contributed by atoms with van der Waals surface area (Å²) in [6.45, 7) is 2.68. The van der Waals surface area contributed by atoms with Crippen LogP contribution in [0.15, 0.2) is 70.5 Å². The van der Waals surface area contributed by atoms with Crippen molar-refractivity contribution in [2.45, 2.75) is 16.7 Å². The van der Waals surface area contributed by atoms with Gasteiger partial charge in [0.25, 0.3) is 15.9 Å². The number of hydrogen-bond acceptors (Lipinski definition) is 6. The first-order valence-electron chi connectivity index (χ1n) is 11.1. The molecule has 13 heteroatoms. The van der Waals surface area contributed by atoms with E-state index in [-0.39, 0.29) is 46.7 Å². The Labute approximate surface area is 225 Å². The number of halogens is 2. The maximum atomic E-state index is 13.0. The zero-order valence-electron chi connectivity index (χ0n) is 19.6. The van der Waals surface area contributed by atoms with Gasteiger partial charge in [-0.15, -0.1) is 0 Å². The molecule has 1 fully saturated rings. The standard InChI is InChI=1S/C24H23Cl2N3O6S2/c1-16-2-4-18(25)15-22(16)28-36(31,32)20-7-5-19(6-8-20)27-24(30)17-3-9-21(26)23(14-17)37(33,34)29-10-12-35-13-11-29/h2-9,14-15,28H,10-13H2,1H3,(H,27,30). The molecule has 37 heavy (non-hydrogen) atoms. The Morgan fingerprint density at radius 2 is 1.59 bits per heavy atom. The number of aryl methyl sites for hydroxylation is 1. The number of morpholine rings is 1. The first-order valence-corrected chi connectivity index (χ1v) is 14.7. The van der Waals surface area contributed by atoms with Crippen LogP contribution in [-0.2, 0) is 24.8 Å². The van der Waals surface area contributed by atoms with E-state index in [9.17, 15) is 21.6 Å². The molecule has 4 rings (SSSR count). The van der Waals surface area contributed by atoms with E-state index in [1.165, 1.54) is 52.8 Å². The van der Waals surface area contributed by atoms with E-state index in [4.69, 9.17) is 27.9 Å². The molecule has 1 aliphatic heterocycles. The molecule has 0 bridgehead atoms. The minimum atomic E-state index is -3.92. The number of hydrogen-bond donors (Lipinski definition) is 2. The third kappa shape index (κ3) is 6.25. The summed E-state index contributed by atoms with van der Waals surface area (Å²) in [6, 6.07) is 14.4. The lowest BCUT2D eigenvalue weighted by Crippen LogP contribution is -2.40. The molecular weight excluding hydrogens is 561 g/mol. The number of nitrogens with zero attached hydrogens (tertiary/aromatic N) is 1. The molecule has 0 aromatic heterocycles. The first kappa shape index (κ1) is 27.4. The molecule has 1 heterocycles. The fraction of sp³-hybridized carbons (Fsp3) is 0.208. The van der Waals surface area contributed by atoms with Crippen molar-refractivity contribution < 1.29 is 26.4 Å². The molecule has 2 N–H and O–H groups in total. The number of amides is 1. The van der Waals surface area contributed by atoms with E-state index in [1.807, 2.05) is 0 Å². The second kappa shape index (κ2) is 11.0. The van der Waals surface area contributed by atoms with Crippen LogP contribution < -0.4 is 10.0 Å². The van der Waals surface area contributed by atoms with Crippen LogP contribution in [0.1, 0.15) is 15.9 Å². The van der Waals surface area contributed by atoms with Gasteiger partial charge in [0.05, 0.1) is 28.8 Å². The van der Waals surface area contributed by atoms with E-state index in [2.05, 4.69) is 10.0 Å². The predicted octanol–water partition coefficient (Wildman–Crippen LogP) is 4.38. The van der Waals surface area contributed by atoms with Crippen molar-refractivity contribution in [2.75, 3.05) is 36.3 Å². The van der Waals surface area contributed by atoms with Gasteiger partial charge in [0.1, 0.15) is 4.90 Å². The summed E-state index contributed by atoms with van der Waals surface area (Å²) in [6.07, 6.45) is 0. The lowest BCUT2D eigenvalue weighted by atomic mass is 10.2. The highest BCUT2D eigenvalue weighted by atomic mass is 35.5. The van der Waals surface area contributed by atoms with E-state index >= 15 is 0 Å². The largest absolute Gasteiger partial charge is 0.379 e. The Balaban J connectivity index is 1.50. The molecule has 0 aliphatic carbocycles. The number of carbonyl (C=O) groups excluding carboxylic acids is 1. The van der Waals surface area contributed by atoms with Gasteiger partial charge >= 0.3 is 0 Å². The van der Waals surface area contributed by atoms with Crippen LogP contribution in [0.4, 0.5) is 11.4 Å². The van der Waals surface area contributed by atoms with Crippen molar-refractivity contribution in [3.8, 4) is 0 Å². The number of sulfonamides is 2. The van der Waals surface area contributed by atoms with Crippen LogP contribution >= 0.6 is 23.2 Å². The van der Waals surface area contributed by atoms with Crippen LogP contribution in [0, 0.1) is 6.92 Å². The third-order valence-corrected chi connectivity index (χ3v) is 9.64. The monoisotopic (exact) mass is 583 g/mol. The van der Waals surface area contributed by atoms with Crippen LogP contribution in [-0.4, -0.2) is 53.4 Å². The fourth-order valence-corrected chi connectivity index (χ4v) is 6.80. The normalized spacial score (nSPS) is 14.8. The molecule has 0 spiro atoms. The number of ether oxygens (including phenoxy) is 1. The van der Waals surface area contributed by atoms with Crippen molar-refractivity contribution in [3.63, 3.8) is 0 Å². The highest BCUT2D eigenvalue weighted by Crippen LogP contribution is 2.28. The SMILES string of the molecule is Cc1ccc(Cl)cc1NS(=O)(=O)c1ccc(NC(=O)c2ccc(Cl)c(S(=O)(=O)N3CCOCC3)c2)cc1. The van der Waals surface area contributed by atoms with Crippen LogP contribution in [0.5, 0.6) is 0 Å². The maximum absolute atomic E-state index is 13.0. The summed E-state index contributed by atoms with van der Waals surface area (Å²) >= 11 is 12.1. The van der Waals surface area contributed by atoms with E-state index in [0.29, 0.717) is 22.0 Å². The number of anilines is 2. The maximum Gasteiger partial charge on any atom is 0.261 e. The van der Waals surface area contributed by atoms with Gasteiger partial charge < -0.3 is 10.1 Å². The van der Waals surface area contributed by atoms with Crippen molar-refractivity contribution >= 4 is 60.5 Å². The van der Waals surface area contributed by atoms with Gasteiger partial charge in [-0.1, -0.05) is 29.3 Å². The molecule has 0 atom stereocenters. The van der Waals surface area contributed by atoms with Crippen LogP contribution in [0.2, 0.25) is 10.0 Å². The summed E-state index contributed by atoms with van der Waals surface area (Å²) in [4.78, 5) is 12.7. The highest BCUT2D eigenvalue weighted by Gasteiger charge is 2.29. The average Bonchev–Trinajstić information content (AvgIpc) is 2.87. The molecule has 1 aliphatic rings. The number of rotatable bonds is 7. The van der Waals surface area contributed by atoms with Gasteiger partial charge in [-0.2, -0.15) is 4.31 Å². The molecule has 1 saturated heterocycles. The second-order valence-electron chi connectivity index (χ2n) is 8.20. The summed E-state index contributed by atoms with van der Waals surface area (Å²) < 4.78 is 60.6. The van der Waals surface area contributed by atoms with Gasteiger partial charge in [0.15, 0.2) is 0 Å². The Morgan fingerprint density at radius 3 is 2.27 bits per heavy atom. The Morgan fingerprint density at radius 1 is 0.919 bits per heavy atom. The minimum Gasteiger partial charge on any atom is -0.379 e. The van der Waals surface area contributed by atoms with Crippen molar-refractivity contribution in [2.24, 2.45) is 0 Å². The molecule has 0 saturated carbocycles. The summed E-state index contributed by atoms with van der Waals surface area (Å²) in [7, 11) is -7.82. The first-order chi connectivity index (χ1) is 17.5. The third-order valence-electron chi connectivity index (χ3n) is 5.65. The van der Waals surface area contributed by atoms with Crippen LogP contribution in [0.3, 0.4) is 0 Å². The Kier molecular flexibility index (Phi) is 8.12. The summed E-state index contributed by atoms with van der Waals surface area (Å²) in [5.74, 6) is -0.585. The molecule has 0 unspecified atom stereocenters. The number of carbonyl (C=O) groups is 1. The van der Waals surface area contributed by atoms with E-state index in [0.717, 1.165) is 0 Å². The molecule has 9 nitrogen and oxygen atoms in total. The van der Waals surface area contributed by atoms with E-state index < -0.39 is 26.0 Å². The minimum absolute atomic E-state index is 0.0000386. The van der Waals surface area contributed by atoms with Crippen LogP contribution in [0.25, 0.3) is 0 Å².